The molecule has 1 amide bonds. The van der Waals surface area contributed by atoms with Gasteiger partial charge < -0.3 is 15.5 Å². The first-order valence-corrected chi connectivity index (χ1v) is 21.4. The number of nitrogens with one attached hydrogen (secondary N) is 3. The quantitative estimate of drug-likeness (QED) is 0.0636. The monoisotopic (exact) mass is 817 g/mol. The molecule has 8 nitrogen and oxygen atoms in total. The van der Waals surface area contributed by atoms with Crippen molar-refractivity contribution in [2.24, 2.45) is 0 Å². The normalized spacial score (nSPS) is 14.1. The Labute approximate surface area is 337 Å². The van der Waals surface area contributed by atoms with Crippen molar-refractivity contribution >= 4 is 50.7 Å². The fourth-order valence-electron chi connectivity index (χ4n) is 6.62. The van der Waals surface area contributed by atoms with E-state index in [2.05, 4.69) is 49.4 Å². The number of carbonyl (C=O) groups is 1. The van der Waals surface area contributed by atoms with Gasteiger partial charge in [0.1, 0.15) is 0 Å². The molecule has 1 atom stereocenters. The maximum Gasteiger partial charge on any atom is 0.264 e. The number of carbonyl (C=O) groups excluding carboxylic acids is 1. The molecule has 1 aliphatic heterocycles. The fraction of sp³-hybridized carbons (Fsp3) is 0.279. The van der Waals surface area contributed by atoms with Gasteiger partial charge in [-0.1, -0.05) is 66.2 Å². The summed E-state index contributed by atoms with van der Waals surface area (Å²) in [6, 6.07) is 37.8. The zero-order valence-corrected chi connectivity index (χ0v) is 33.5. The molecule has 6 rings (SSSR count). The number of piperazine rings is 1. The summed E-state index contributed by atoms with van der Waals surface area (Å²) in [6.07, 6.45) is -1.84. The molecule has 0 radical (unpaired) electrons. The standard InChI is InChI=1S/C43H46ClF2N5O3S2/c1-31-27-39(19-20-41(31)48-36(21-22-47-28-42(45)46)30-55-38-8-3-2-4-9-38)56(53,54)49-43(52)33-13-17-37(18-14-33)51-25-23-50(24-26-51)29-34-7-5-6-10-40(34)32-11-15-35(44)16-12-32/h2-20,27,36,42,47-48H,21-26,28-30H2,1H3,(H,49,52)/t36-/m1/s1. The lowest BCUT2D eigenvalue weighted by atomic mass is 9.99. The number of hydrogen-bond donors (Lipinski definition) is 3. The number of nitrogens with zero attached hydrogens (tertiary/aromatic N) is 2. The molecule has 294 valence electrons. The van der Waals surface area contributed by atoms with Gasteiger partial charge in [0.25, 0.3) is 22.4 Å². The summed E-state index contributed by atoms with van der Waals surface area (Å²) in [5.74, 6) is -0.0407. The van der Waals surface area contributed by atoms with E-state index in [0.717, 1.165) is 54.6 Å². The van der Waals surface area contributed by atoms with Crippen LogP contribution in [0, 0.1) is 6.92 Å². The average Bonchev–Trinajstić information content (AvgIpc) is 3.20. The van der Waals surface area contributed by atoms with E-state index in [4.69, 9.17) is 11.6 Å². The fourth-order valence-corrected chi connectivity index (χ4v) is 8.80. The predicted octanol–water partition coefficient (Wildman–Crippen LogP) is 8.57. The summed E-state index contributed by atoms with van der Waals surface area (Å²) in [4.78, 5) is 18.9. The van der Waals surface area contributed by atoms with Gasteiger partial charge in [0.05, 0.1) is 11.4 Å². The first kappa shape index (κ1) is 41.2. The molecule has 13 heteroatoms. The van der Waals surface area contributed by atoms with Crippen LogP contribution in [-0.4, -0.2) is 76.7 Å². The number of sulfonamides is 1. The zero-order chi connectivity index (χ0) is 39.5. The summed E-state index contributed by atoms with van der Waals surface area (Å²) in [5, 5.41) is 6.96. The largest absolute Gasteiger partial charge is 0.381 e. The van der Waals surface area contributed by atoms with Crippen molar-refractivity contribution in [3.05, 3.63) is 143 Å². The van der Waals surface area contributed by atoms with Crippen LogP contribution < -0.4 is 20.3 Å². The zero-order valence-electron chi connectivity index (χ0n) is 31.1. The van der Waals surface area contributed by atoms with E-state index < -0.39 is 22.4 Å². The Kier molecular flexibility index (Phi) is 14.4. The minimum absolute atomic E-state index is 0.0343. The number of rotatable bonds is 17. The summed E-state index contributed by atoms with van der Waals surface area (Å²) in [5.41, 5.74) is 6.19. The Morgan fingerprint density at radius 3 is 2.25 bits per heavy atom. The van der Waals surface area contributed by atoms with Crippen molar-refractivity contribution in [1.29, 1.82) is 0 Å². The second-order valence-corrected chi connectivity index (χ2v) is 16.9. The van der Waals surface area contributed by atoms with Gasteiger partial charge >= 0.3 is 0 Å². The highest BCUT2D eigenvalue weighted by Crippen LogP contribution is 2.28. The summed E-state index contributed by atoms with van der Waals surface area (Å²) in [6.45, 7) is 6.01. The van der Waals surface area contributed by atoms with Crippen LogP contribution in [0.2, 0.25) is 5.02 Å². The first-order valence-electron chi connectivity index (χ1n) is 18.6. The number of aryl methyl sites for hydroxylation is 1. The van der Waals surface area contributed by atoms with Gasteiger partial charge in [-0.2, -0.15) is 0 Å². The highest BCUT2D eigenvalue weighted by molar-refractivity contribution is 7.99. The Balaban J connectivity index is 1.02. The smallest absolute Gasteiger partial charge is 0.264 e. The molecule has 1 heterocycles. The molecule has 1 fully saturated rings. The van der Waals surface area contributed by atoms with E-state index in [9.17, 15) is 22.0 Å². The molecule has 0 aromatic heterocycles. The van der Waals surface area contributed by atoms with Crippen LogP contribution in [-0.2, 0) is 16.6 Å². The minimum atomic E-state index is -4.17. The van der Waals surface area contributed by atoms with Crippen LogP contribution in [0.25, 0.3) is 11.1 Å². The molecule has 5 aromatic rings. The Hall–Kier alpha value is -4.46. The van der Waals surface area contributed by atoms with E-state index in [0.29, 0.717) is 29.3 Å². The van der Waals surface area contributed by atoms with E-state index >= 15 is 0 Å². The Bertz CT molecular complexity index is 2150. The maximum atomic E-state index is 13.3. The molecule has 0 aliphatic carbocycles. The van der Waals surface area contributed by atoms with Gasteiger partial charge in [0, 0.05) is 71.4 Å². The van der Waals surface area contributed by atoms with Crippen molar-refractivity contribution in [1.82, 2.24) is 14.9 Å². The number of benzene rings is 5. The van der Waals surface area contributed by atoms with E-state index in [-0.39, 0.29) is 23.0 Å². The summed E-state index contributed by atoms with van der Waals surface area (Å²) < 4.78 is 54.2. The van der Waals surface area contributed by atoms with Gasteiger partial charge in [0.15, 0.2) is 0 Å². The maximum absolute atomic E-state index is 13.3. The predicted molar refractivity (Wildman–Crippen MR) is 225 cm³/mol. The van der Waals surface area contributed by atoms with Gasteiger partial charge in [-0.3, -0.25) is 9.69 Å². The van der Waals surface area contributed by atoms with Crippen LogP contribution in [0.3, 0.4) is 0 Å². The molecule has 0 spiro atoms. The lowest BCUT2D eigenvalue weighted by Crippen LogP contribution is -2.46. The Morgan fingerprint density at radius 2 is 1.55 bits per heavy atom. The van der Waals surface area contributed by atoms with Crippen LogP contribution in [0.4, 0.5) is 20.2 Å². The minimum Gasteiger partial charge on any atom is -0.381 e. The molecule has 0 bridgehead atoms. The second-order valence-electron chi connectivity index (χ2n) is 13.7. The van der Waals surface area contributed by atoms with Gasteiger partial charge in [-0.15, -0.1) is 11.8 Å². The molecule has 1 aliphatic rings. The van der Waals surface area contributed by atoms with Crippen LogP contribution in [0.1, 0.15) is 27.9 Å². The highest BCUT2D eigenvalue weighted by atomic mass is 35.5. The summed E-state index contributed by atoms with van der Waals surface area (Å²) >= 11 is 7.77. The van der Waals surface area contributed by atoms with Crippen LogP contribution in [0.5, 0.6) is 0 Å². The third-order valence-corrected chi connectivity index (χ3v) is 12.4. The number of anilines is 2. The lowest BCUT2D eigenvalue weighted by molar-refractivity contribution is 0.0981. The van der Waals surface area contributed by atoms with Gasteiger partial charge in [-0.25, -0.2) is 21.9 Å². The first-order chi connectivity index (χ1) is 27.0. The second kappa shape index (κ2) is 19.6. The molecule has 0 saturated carbocycles. The summed E-state index contributed by atoms with van der Waals surface area (Å²) in [7, 11) is -4.17. The molecular weight excluding hydrogens is 772 g/mol. The molecule has 3 N–H and O–H groups in total. The van der Waals surface area contributed by atoms with E-state index in [1.54, 1.807) is 36.9 Å². The molecular formula is C43H46ClF2N5O3S2. The van der Waals surface area contributed by atoms with Crippen molar-refractivity contribution in [3.63, 3.8) is 0 Å². The highest BCUT2D eigenvalue weighted by Gasteiger charge is 2.22. The third kappa shape index (κ3) is 11.5. The molecule has 5 aromatic carbocycles. The number of hydrogen-bond acceptors (Lipinski definition) is 8. The van der Waals surface area contributed by atoms with Crippen molar-refractivity contribution < 1.29 is 22.0 Å². The van der Waals surface area contributed by atoms with Crippen molar-refractivity contribution in [3.8, 4) is 11.1 Å². The number of alkyl halides is 2. The number of halogens is 3. The lowest BCUT2D eigenvalue weighted by Gasteiger charge is -2.36. The molecule has 56 heavy (non-hydrogen) atoms. The third-order valence-electron chi connectivity index (χ3n) is 9.69. The van der Waals surface area contributed by atoms with E-state index in [1.807, 2.05) is 66.7 Å². The average molecular weight is 818 g/mol. The van der Waals surface area contributed by atoms with Crippen molar-refractivity contribution in [2.45, 2.75) is 42.1 Å². The molecule has 1 saturated heterocycles. The topological polar surface area (TPSA) is 93.8 Å². The van der Waals surface area contributed by atoms with Crippen molar-refractivity contribution in [2.75, 3.05) is 55.2 Å². The number of amides is 1. The Morgan fingerprint density at radius 1 is 0.857 bits per heavy atom. The van der Waals surface area contributed by atoms with Crippen LogP contribution in [0.15, 0.2) is 131 Å². The number of thioether (sulfide) groups is 1. The van der Waals surface area contributed by atoms with E-state index in [1.165, 1.54) is 23.3 Å². The van der Waals surface area contributed by atoms with Crippen LogP contribution >= 0.6 is 23.4 Å². The van der Waals surface area contributed by atoms with Gasteiger partial charge in [-0.05, 0) is 109 Å². The molecule has 0 unspecified atom stereocenters. The SMILES string of the molecule is Cc1cc(S(=O)(=O)NC(=O)c2ccc(N3CCN(Cc4ccccc4-c4ccc(Cl)cc4)CC3)cc2)ccc1N[C@H](CCNCC(F)F)CSc1ccccc1. The van der Waals surface area contributed by atoms with Gasteiger partial charge in [0.2, 0.25) is 0 Å².